The zero-order valence-electron chi connectivity index (χ0n) is 21.3. The molecule has 0 aliphatic rings. The van der Waals surface area contributed by atoms with Gasteiger partial charge in [-0.2, -0.15) is 0 Å². The predicted octanol–water partition coefficient (Wildman–Crippen LogP) is 2.44. The first-order valence-corrected chi connectivity index (χ1v) is 14.3. The van der Waals surface area contributed by atoms with Crippen LogP contribution in [0.4, 0.5) is 0 Å². The van der Waals surface area contributed by atoms with Gasteiger partial charge in [0, 0.05) is 33.1 Å². The van der Waals surface area contributed by atoms with E-state index in [2.05, 4.69) is 19.4 Å². The Hall–Kier alpha value is -0.470. The molecule has 3 unspecified atom stereocenters. The normalized spacial score (nSPS) is 15.4. The number of ether oxygens (including phenoxy) is 2. The highest BCUT2D eigenvalue weighted by Crippen LogP contribution is 2.48. The molecule has 0 rings (SSSR count). The fourth-order valence-corrected chi connectivity index (χ4v) is 3.69. The molecule has 0 aromatic heterocycles. The Morgan fingerprint density at radius 1 is 0.914 bits per heavy atom. The summed E-state index contributed by atoms with van der Waals surface area (Å²) in [6, 6.07) is 0. The lowest BCUT2D eigenvalue weighted by atomic mass is 10.0. The number of nitrogens with one attached hydrogen (secondary N) is 1. The van der Waals surface area contributed by atoms with Crippen molar-refractivity contribution in [3.63, 3.8) is 0 Å². The summed E-state index contributed by atoms with van der Waals surface area (Å²) in [5, 5.41) is 12.0. The van der Waals surface area contributed by atoms with E-state index in [4.69, 9.17) is 23.0 Å². The van der Waals surface area contributed by atoms with Crippen molar-refractivity contribution >= 4 is 21.6 Å². The third-order valence-electron chi connectivity index (χ3n) is 3.87. The fraction of sp³-hybridized carbons (Fsp3) is 0.947. The number of carbonyl (C=O) groups excluding carboxylic acids is 1. The smallest absolute Gasteiger partial charge is 0.396 e. The summed E-state index contributed by atoms with van der Waals surface area (Å²) in [5.41, 5.74) is 0. The maximum Gasteiger partial charge on any atom is 0.501 e. The molecular formula is C19H43NO13P2. The molecule has 3 N–H and O–H groups in total. The molecule has 14 nitrogen and oxygen atoms in total. The van der Waals surface area contributed by atoms with Crippen molar-refractivity contribution in [2.24, 2.45) is 5.92 Å². The standard InChI is InChI=1S/C17H37NO13P2.C2H6/c1-16(20)18-7-5-4-6-17(14-19)15-30-32(21,22)28-12-10-26-8-9-27-11-13-29-33(23,25-3)31-24-2;1-2/h17,19H,4-15H2,1-3H3,(H,18,20)(H,21,22);1-2H3. The average Bonchev–Trinajstić information content (AvgIpc) is 2.83. The molecule has 0 heterocycles. The molecule has 0 fully saturated rings. The molecule has 0 aromatic carbocycles. The molecule has 0 saturated carbocycles. The van der Waals surface area contributed by atoms with E-state index in [1.54, 1.807) is 0 Å². The van der Waals surface area contributed by atoms with Crippen molar-refractivity contribution < 1.29 is 61.1 Å². The van der Waals surface area contributed by atoms with Gasteiger partial charge in [0.25, 0.3) is 0 Å². The first kappa shape index (κ1) is 36.7. The van der Waals surface area contributed by atoms with Gasteiger partial charge in [-0.1, -0.05) is 20.3 Å². The zero-order chi connectivity index (χ0) is 27.0. The van der Waals surface area contributed by atoms with Crippen LogP contribution in [-0.2, 0) is 51.1 Å². The molecule has 3 atom stereocenters. The first-order valence-electron chi connectivity index (χ1n) is 11.3. The second kappa shape index (κ2) is 23.9. The van der Waals surface area contributed by atoms with Crippen LogP contribution in [0.1, 0.15) is 40.0 Å². The maximum absolute atomic E-state index is 11.9. The van der Waals surface area contributed by atoms with Crippen LogP contribution >= 0.6 is 15.6 Å². The van der Waals surface area contributed by atoms with Crippen LogP contribution in [0.15, 0.2) is 0 Å². The van der Waals surface area contributed by atoms with Crippen LogP contribution in [0.3, 0.4) is 0 Å². The van der Waals surface area contributed by atoms with E-state index < -0.39 is 15.6 Å². The molecule has 16 heteroatoms. The number of hydrogen-bond donors (Lipinski definition) is 3. The summed E-state index contributed by atoms with van der Waals surface area (Å²) < 4.78 is 57.5. The van der Waals surface area contributed by atoms with E-state index in [9.17, 15) is 23.9 Å². The molecule has 1 amide bonds. The van der Waals surface area contributed by atoms with Gasteiger partial charge < -0.3 is 24.8 Å². The van der Waals surface area contributed by atoms with Crippen molar-refractivity contribution in [1.29, 1.82) is 0 Å². The summed E-state index contributed by atoms with van der Waals surface area (Å²) in [7, 11) is -5.71. The van der Waals surface area contributed by atoms with Crippen LogP contribution in [0, 0.1) is 5.92 Å². The van der Waals surface area contributed by atoms with Gasteiger partial charge in [-0.3, -0.25) is 22.9 Å². The van der Waals surface area contributed by atoms with E-state index >= 15 is 0 Å². The van der Waals surface area contributed by atoms with Crippen LogP contribution in [0.2, 0.25) is 0 Å². The predicted molar refractivity (Wildman–Crippen MR) is 126 cm³/mol. The average molecular weight is 555 g/mol. The van der Waals surface area contributed by atoms with Gasteiger partial charge in [0.05, 0.1) is 53.4 Å². The Morgan fingerprint density at radius 3 is 2.00 bits per heavy atom. The lowest BCUT2D eigenvalue weighted by Crippen LogP contribution is -2.21. The Bertz CT molecular complexity index is 597. The van der Waals surface area contributed by atoms with Crippen molar-refractivity contribution in [1.82, 2.24) is 5.32 Å². The van der Waals surface area contributed by atoms with E-state index in [0.717, 1.165) is 20.0 Å². The molecule has 35 heavy (non-hydrogen) atoms. The Kier molecular flexibility index (Phi) is 25.1. The first-order chi connectivity index (χ1) is 16.7. The third-order valence-corrected chi connectivity index (χ3v) is 6.13. The van der Waals surface area contributed by atoms with Gasteiger partial charge in [-0.05, 0) is 12.8 Å². The molecule has 0 aromatic rings. The highest BCUT2D eigenvalue weighted by Gasteiger charge is 2.26. The number of aliphatic hydroxyl groups excluding tert-OH is 1. The molecule has 0 spiro atoms. The lowest BCUT2D eigenvalue weighted by molar-refractivity contribution is -0.200. The van der Waals surface area contributed by atoms with Gasteiger partial charge in [0.1, 0.15) is 0 Å². The zero-order valence-corrected chi connectivity index (χ0v) is 23.1. The third kappa shape index (κ3) is 23.7. The minimum absolute atomic E-state index is 0.0287. The quantitative estimate of drug-likeness (QED) is 0.0725. The Morgan fingerprint density at radius 2 is 1.49 bits per heavy atom. The van der Waals surface area contributed by atoms with E-state index in [1.807, 2.05) is 13.8 Å². The number of phosphoric ester groups is 2. The highest BCUT2D eigenvalue weighted by molar-refractivity contribution is 7.48. The highest BCUT2D eigenvalue weighted by atomic mass is 31.2. The molecule has 0 radical (unpaired) electrons. The molecule has 0 bridgehead atoms. The number of carbonyl (C=O) groups is 1. The minimum atomic E-state index is -4.27. The Labute approximate surface area is 208 Å². The SMILES string of the molecule is CC.COOP(=O)(OC)OCCOCCOCCOP(=O)(O)OCC(CO)CCCCNC(C)=O. The van der Waals surface area contributed by atoms with Gasteiger partial charge in [-0.25, -0.2) is 14.0 Å². The number of rotatable bonds is 23. The fourth-order valence-electron chi connectivity index (χ4n) is 2.22. The number of amides is 1. The second-order valence-electron chi connectivity index (χ2n) is 6.55. The topological polar surface area (TPSA) is 178 Å². The van der Waals surface area contributed by atoms with Crippen molar-refractivity contribution in [2.75, 3.05) is 73.6 Å². The maximum atomic E-state index is 11.9. The number of aliphatic hydroxyl groups is 1. The van der Waals surface area contributed by atoms with E-state index in [-0.39, 0.29) is 64.7 Å². The molecular weight excluding hydrogens is 512 g/mol. The second-order valence-corrected chi connectivity index (χ2v) is 9.67. The van der Waals surface area contributed by atoms with Crippen molar-refractivity contribution in [3.8, 4) is 0 Å². The van der Waals surface area contributed by atoms with Crippen LogP contribution in [0.5, 0.6) is 0 Å². The van der Waals surface area contributed by atoms with Crippen LogP contribution in [-0.4, -0.2) is 89.5 Å². The van der Waals surface area contributed by atoms with Crippen LogP contribution in [0.25, 0.3) is 0 Å². The molecule has 0 aliphatic carbocycles. The summed E-state index contributed by atoms with van der Waals surface area (Å²) >= 11 is 0. The minimum Gasteiger partial charge on any atom is -0.396 e. The molecule has 0 aliphatic heterocycles. The Balaban J connectivity index is 0. The molecule has 0 saturated heterocycles. The summed E-state index contributed by atoms with van der Waals surface area (Å²) in [6.07, 6.45) is 2.03. The lowest BCUT2D eigenvalue weighted by Gasteiger charge is -2.17. The summed E-state index contributed by atoms with van der Waals surface area (Å²) in [5.74, 6) is -0.423. The summed E-state index contributed by atoms with van der Waals surface area (Å²) in [6.45, 7) is 5.90. The largest absolute Gasteiger partial charge is 0.501 e. The number of hydrogen-bond acceptors (Lipinski definition) is 12. The van der Waals surface area contributed by atoms with Gasteiger partial charge in [0.15, 0.2) is 0 Å². The summed E-state index contributed by atoms with van der Waals surface area (Å²) in [4.78, 5) is 24.7. The van der Waals surface area contributed by atoms with E-state index in [0.29, 0.717) is 13.0 Å². The van der Waals surface area contributed by atoms with Gasteiger partial charge in [0.2, 0.25) is 5.91 Å². The number of unbranched alkanes of at least 4 members (excludes halogenated alkanes) is 1. The van der Waals surface area contributed by atoms with Crippen molar-refractivity contribution in [3.05, 3.63) is 0 Å². The monoisotopic (exact) mass is 555 g/mol. The van der Waals surface area contributed by atoms with Gasteiger partial charge >= 0.3 is 15.6 Å². The number of phosphoric acid groups is 2. The van der Waals surface area contributed by atoms with E-state index in [1.165, 1.54) is 14.0 Å². The van der Waals surface area contributed by atoms with Crippen LogP contribution < -0.4 is 5.32 Å². The molecule has 212 valence electrons. The van der Waals surface area contributed by atoms with Crippen molar-refractivity contribution in [2.45, 2.75) is 40.0 Å². The van der Waals surface area contributed by atoms with Gasteiger partial charge in [-0.15, -0.1) is 4.67 Å².